The molecule has 1 amide bonds. The zero-order valence-electron chi connectivity index (χ0n) is 15.2. The molecule has 0 aliphatic rings. The van der Waals surface area contributed by atoms with Crippen LogP contribution in [-0.2, 0) is 4.79 Å². The molecule has 27 heavy (non-hydrogen) atoms. The number of hydrogen-bond acceptors (Lipinski definition) is 4. The van der Waals surface area contributed by atoms with Crippen molar-refractivity contribution in [2.75, 3.05) is 13.2 Å². The summed E-state index contributed by atoms with van der Waals surface area (Å²) < 4.78 is 11.8. The smallest absolute Gasteiger partial charge is 0.277 e. The van der Waals surface area contributed by atoms with Crippen LogP contribution in [0.1, 0.15) is 30.9 Å². The van der Waals surface area contributed by atoms with Gasteiger partial charge in [-0.05, 0) is 41.8 Å². The lowest BCUT2D eigenvalue weighted by molar-refractivity contribution is -0.123. The van der Waals surface area contributed by atoms with Gasteiger partial charge in [-0.2, -0.15) is 5.10 Å². The Morgan fingerprint density at radius 1 is 1.26 bits per heavy atom. The van der Waals surface area contributed by atoms with E-state index in [1.54, 1.807) is 6.07 Å². The van der Waals surface area contributed by atoms with E-state index in [1.807, 2.05) is 36.4 Å². The monoisotopic (exact) mass is 428 g/mol. The predicted octanol–water partition coefficient (Wildman–Crippen LogP) is 4.11. The Labute approximate surface area is 167 Å². The molecule has 0 saturated carbocycles. The summed E-state index contributed by atoms with van der Waals surface area (Å²) in [6.07, 6.45) is 6.70. The minimum absolute atomic E-state index is 0.128. The highest BCUT2D eigenvalue weighted by molar-refractivity contribution is 9.10. The summed E-state index contributed by atoms with van der Waals surface area (Å²) in [6.45, 7) is 4.26. The zero-order valence-corrected chi connectivity index (χ0v) is 16.8. The van der Waals surface area contributed by atoms with Crippen LogP contribution in [0.2, 0.25) is 0 Å². The normalized spacial score (nSPS) is 10.6. The molecule has 6 heteroatoms. The molecule has 0 aliphatic carbocycles. The molecule has 0 bridgehead atoms. The molecule has 1 N–H and O–H groups in total. The highest BCUT2D eigenvalue weighted by Crippen LogP contribution is 2.22. The number of terminal acetylenes is 1. The van der Waals surface area contributed by atoms with Crippen molar-refractivity contribution in [2.45, 2.75) is 19.8 Å². The molecule has 0 heterocycles. The second kappa shape index (κ2) is 10.4. The maximum atomic E-state index is 11.9. The van der Waals surface area contributed by atoms with Crippen molar-refractivity contribution in [3.8, 4) is 23.8 Å². The van der Waals surface area contributed by atoms with Crippen molar-refractivity contribution in [1.29, 1.82) is 0 Å². The molecule has 5 nitrogen and oxygen atoms in total. The van der Waals surface area contributed by atoms with Gasteiger partial charge in [-0.25, -0.2) is 5.43 Å². The molecule has 0 spiro atoms. The Bertz CT molecular complexity index is 839. The van der Waals surface area contributed by atoms with Gasteiger partial charge >= 0.3 is 0 Å². The molecule has 2 aromatic carbocycles. The van der Waals surface area contributed by atoms with Crippen LogP contribution in [-0.4, -0.2) is 25.3 Å². The van der Waals surface area contributed by atoms with Gasteiger partial charge in [-0.1, -0.05) is 47.8 Å². The Morgan fingerprint density at radius 3 is 2.67 bits per heavy atom. The Morgan fingerprint density at radius 2 is 2.00 bits per heavy atom. The number of rotatable bonds is 8. The standard InChI is InChI=1S/C21H21BrN2O3/c1-4-11-26-20-10-7-18(22)12-17(20)13-23-24-21(25)14-27-19-8-5-16(6-9-19)15(2)3/h1,5-10,12-13,15H,11,14H2,2-3H3,(H,24,25)/b23-13+. The maximum absolute atomic E-state index is 11.9. The van der Waals surface area contributed by atoms with Gasteiger partial charge in [-0.3, -0.25) is 4.79 Å². The van der Waals surface area contributed by atoms with Crippen molar-refractivity contribution in [2.24, 2.45) is 5.10 Å². The lowest BCUT2D eigenvalue weighted by Gasteiger charge is -2.08. The average Bonchev–Trinajstić information content (AvgIpc) is 2.66. The Hall–Kier alpha value is -2.78. The minimum atomic E-state index is -0.361. The fourth-order valence-electron chi connectivity index (χ4n) is 2.17. The Kier molecular flexibility index (Phi) is 7.90. The van der Waals surface area contributed by atoms with Crippen LogP contribution < -0.4 is 14.9 Å². The predicted molar refractivity (Wildman–Crippen MR) is 110 cm³/mol. The number of hydrazone groups is 1. The van der Waals surface area contributed by atoms with E-state index in [2.05, 4.69) is 46.2 Å². The van der Waals surface area contributed by atoms with E-state index < -0.39 is 0 Å². The number of nitrogens with zero attached hydrogens (tertiary/aromatic N) is 1. The lowest BCUT2D eigenvalue weighted by atomic mass is 10.0. The van der Waals surface area contributed by atoms with E-state index >= 15 is 0 Å². The van der Waals surface area contributed by atoms with Gasteiger partial charge in [0, 0.05) is 10.0 Å². The van der Waals surface area contributed by atoms with Crippen molar-refractivity contribution in [3.05, 3.63) is 58.1 Å². The van der Waals surface area contributed by atoms with Crippen LogP contribution in [0.25, 0.3) is 0 Å². The summed E-state index contributed by atoms with van der Waals surface area (Å²) in [5, 5.41) is 3.94. The molecule has 140 valence electrons. The summed E-state index contributed by atoms with van der Waals surface area (Å²) >= 11 is 3.39. The fraction of sp³-hybridized carbons (Fsp3) is 0.238. The third-order valence-corrected chi connectivity index (χ3v) is 4.09. The third kappa shape index (κ3) is 6.80. The number of benzene rings is 2. The van der Waals surface area contributed by atoms with Crippen LogP contribution in [0.4, 0.5) is 0 Å². The third-order valence-electron chi connectivity index (χ3n) is 3.59. The number of carbonyl (C=O) groups excluding carboxylic acids is 1. The van der Waals surface area contributed by atoms with E-state index in [9.17, 15) is 4.79 Å². The zero-order chi connectivity index (χ0) is 19.6. The molecular formula is C21H21BrN2O3. The number of ether oxygens (including phenoxy) is 2. The molecule has 2 rings (SSSR count). The molecule has 0 atom stereocenters. The molecular weight excluding hydrogens is 408 g/mol. The number of nitrogens with one attached hydrogen (secondary N) is 1. The second-order valence-electron chi connectivity index (χ2n) is 5.98. The molecule has 0 radical (unpaired) electrons. The summed E-state index contributed by atoms with van der Waals surface area (Å²) in [7, 11) is 0. The van der Waals surface area contributed by atoms with E-state index in [0.29, 0.717) is 23.0 Å². The highest BCUT2D eigenvalue weighted by atomic mass is 79.9. The van der Waals surface area contributed by atoms with Crippen molar-refractivity contribution < 1.29 is 14.3 Å². The number of hydrogen-bond donors (Lipinski definition) is 1. The molecule has 0 unspecified atom stereocenters. The van der Waals surface area contributed by atoms with Crippen LogP contribution in [0, 0.1) is 12.3 Å². The number of amides is 1. The number of carbonyl (C=O) groups is 1. The van der Waals surface area contributed by atoms with E-state index in [1.165, 1.54) is 11.8 Å². The highest BCUT2D eigenvalue weighted by Gasteiger charge is 2.05. The van der Waals surface area contributed by atoms with Crippen LogP contribution in [0.5, 0.6) is 11.5 Å². The van der Waals surface area contributed by atoms with Gasteiger partial charge in [0.05, 0.1) is 6.21 Å². The lowest BCUT2D eigenvalue weighted by Crippen LogP contribution is -2.24. The minimum Gasteiger partial charge on any atom is -0.484 e. The summed E-state index contributed by atoms with van der Waals surface area (Å²) in [6, 6.07) is 13.1. The maximum Gasteiger partial charge on any atom is 0.277 e. The topological polar surface area (TPSA) is 59.9 Å². The SMILES string of the molecule is C#CCOc1ccc(Br)cc1/C=N/NC(=O)COc1ccc(C(C)C)cc1. The van der Waals surface area contributed by atoms with E-state index in [4.69, 9.17) is 15.9 Å². The Balaban J connectivity index is 1.88. The second-order valence-corrected chi connectivity index (χ2v) is 6.90. The largest absolute Gasteiger partial charge is 0.484 e. The first-order chi connectivity index (χ1) is 13.0. The van der Waals surface area contributed by atoms with Gasteiger partial charge in [0.15, 0.2) is 6.61 Å². The first-order valence-corrected chi connectivity index (χ1v) is 9.19. The van der Waals surface area contributed by atoms with Gasteiger partial charge in [0.2, 0.25) is 0 Å². The summed E-state index contributed by atoms with van der Waals surface area (Å²) in [5.74, 6) is 3.71. The van der Waals surface area contributed by atoms with Crippen LogP contribution in [0.15, 0.2) is 52.0 Å². The molecule has 0 fully saturated rings. The first-order valence-electron chi connectivity index (χ1n) is 8.40. The van der Waals surface area contributed by atoms with Gasteiger partial charge in [0.1, 0.15) is 18.1 Å². The van der Waals surface area contributed by atoms with Crippen LogP contribution in [0.3, 0.4) is 0 Å². The van der Waals surface area contributed by atoms with Gasteiger partial charge in [-0.15, -0.1) is 6.42 Å². The quantitative estimate of drug-likeness (QED) is 0.390. The summed E-state index contributed by atoms with van der Waals surface area (Å²) in [5.41, 5.74) is 4.33. The van der Waals surface area contributed by atoms with Crippen molar-refractivity contribution in [1.82, 2.24) is 5.43 Å². The molecule has 0 aliphatic heterocycles. The van der Waals surface area contributed by atoms with Crippen LogP contribution >= 0.6 is 15.9 Å². The van der Waals surface area contributed by atoms with Gasteiger partial charge < -0.3 is 9.47 Å². The van der Waals surface area contributed by atoms with Crippen molar-refractivity contribution in [3.63, 3.8) is 0 Å². The summed E-state index contributed by atoms with van der Waals surface area (Å²) in [4.78, 5) is 11.9. The van der Waals surface area contributed by atoms with Gasteiger partial charge in [0.25, 0.3) is 5.91 Å². The molecule has 0 aromatic heterocycles. The first kappa shape index (κ1) is 20.5. The van der Waals surface area contributed by atoms with E-state index in [-0.39, 0.29) is 19.1 Å². The van der Waals surface area contributed by atoms with Crippen molar-refractivity contribution >= 4 is 28.1 Å². The average molecular weight is 429 g/mol. The number of halogens is 1. The molecule has 0 saturated heterocycles. The van der Waals surface area contributed by atoms with E-state index in [0.717, 1.165) is 4.47 Å². The molecule has 2 aromatic rings. The fourth-order valence-corrected chi connectivity index (χ4v) is 2.55.